The van der Waals surface area contributed by atoms with E-state index in [1.807, 2.05) is 62.4 Å². The van der Waals surface area contributed by atoms with Crippen LogP contribution in [-0.2, 0) is 0 Å². The van der Waals surface area contributed by atoms with Gasteiger partial charge < -0.3 is 14.8 Å². The van der Waals surface area contributed by atoms with Crippen LogP contribution in [0.3, 0.4) is 0 Å². The highest BCUT2D eigenvalue weighted by atomic mass is 16.4. The van der Waals surface area contributed by atoms with Crippen LogP contribution < -0.4 is 10.7 Å². The van der Waals surface area contributed by atoms with Gasteiger partial charge in [-0.1, -0.05) is 54.6 Å². The highest BCUT2D eigenvalue weighted by Gasteiger charge is 2.20. The predicted molar refractivity (Wildman–Crippen MR) is 153 cm³/mol. The number of hydrogen-bond donors (Lipinski definition) is 2. The van der Waals surface area contributed by atoms with Crippen molar-refractivity contribution in [3.63, 3.8) is 0 Å². The number of aryl methyl sites for hydroxylation is 1. The first kappa shape index (κ1) is 25.5. The molecule has 6 nitrogen and oxygen atoms in total. The van der Waals surface area contributed by atoms with Gasteiger partial charge >= 0.3 is 5.97 Å². The lowest BCUT2D eigenvalue weighted by molar-refractivity contribution is 0.0698. The van der Waals surface area contributed by atoms with E-state index in [0.717, 1.165) is 27.8 Å². The third-order valence-electron chi connectivity index (χ3n) is 6.88. The average molecular weight is 515 g/mol. The van der Waals surface area contributed by atoms with Gasteiger partial charge in [0.05, 0.1) is 28.6 Å². The monoisotopic (exact) mass is 514 g/mol. The van der Waals surface area contributed by atoms with E-state index in [2.05, 4.69) is 11.4 Å². The van der Waals surface area contributed by atoms with Gasteiger partial charge in [0.15, 0.2) is 5.43 Å². The second kappa shape index (κ2) is 10.3. The molecule has 4 aromatic carbocycles. The van der Waals surface area contributed by atoms with E-state index >= 15 is 0 Å². The third kappa shape index (κ3) is 4.90. The normalized spacial score (nSPS) is 11.6. The Morgan fingerprint density at radius 3 is 2.18 bits per heavy atom. The van der Waals surface area contributed by atoms with Gasteiger partial charge in [-0.15, -0.1) is 0 Å². The number of benzene rings is 4. The van der Waals surface area contributed by atoms with Crippen LogP contribution in [0.1, 0.15) is 45.6 Å². The summed E-state index contributed by atoms with van der Waals surface area (Å²) in [6.45, 7) is 5.60. The zero-order valence-electron chi connectivity index (χ0n) is 21.8. The van der Waals surface area contributed by atoms with Crippen LogP contribution >= 0.6 is 0 Å². The van der Waals surface area contributed by atoms with Crippen LogP contribution in [-0.4, -0.2) is 11.1 Å². The molecule has 0 saturated heterocycles. The molecule has 0 fully saturated rings. The topological polar surface area (TPSA) is 103 Å². The smallest absolute Gasteiger partial charge is 0.337 e. The van der Waals surface area contributed by atoms with Crippen molar-refractivity contribution in [2.24, 2.45) is 0 Å². The lowest BCUT2D eigenvalue weighted by Crippen LogP contribution is -2.14. The van der Waals surface area contributed by atoms with Crippen molar-refractivity contribution in [2.45, 2.75) is 26.8 Å². The molecular formula is C33H26N2O4. The zero-order valence-corrected chi connectivity index (χ0v) is 21.8. The molecule has 2 N–H and O–H groups in total. The van der Waals surface area contributed by atoms with E-state index in [-0.39, 0.29) is 17.0 Å². The molecule has 0 aliphatic heterocycles. The highest BCUT2D eigenvalue weighted by molar-refractivity contribution is 5.94. The van der Waals surface area contributed by atoms with Crippen molar-refractivity contribution in [3.8, 4) is 28.5 Å². The summed E-state index contributed by atoms with van der Waals surface area (Å²) >= 11 is 0. The van der Waals surface area contributed by atoms with Gasteiger partial charge in [-0.05, 0) is 67.8 Å². The fraction of sp³-hybridized carbons (Fsp3) is 0.121. The summed E-state index contributed by atoms with van der Waals surface area (Å²) in [6.07, 6.45) is 0. The Hall–Kier alpha value is -5.15. The van der Waals surface area contributed by atoms with Gasteiger partial charge in [-0.2, -0.15) is 5.26 Å². The summed E-state index contributed by atoms with van der Waals surface area (Å²) in [5.41, 5.74) is 6.54. The molecule has 0 aliphatic carbocycles. The fourth-order valence-corrected chi connectivity index (χ4v) is 4.82. The maximum absolute atomic E-state index is 13.5. The van der Waals surface area contributed by atoms with Crippen LogP contribution in [0, 0.1) is 25.2 Å². The molecule has 39 heavy (non-hydrogen) atoms. The maximum Gasteiger partial charge on any atom is 0.337 e. The van der Waals surface area contributed by atoms with Gasteiger partial charge in [0.1, 0.15) is 11.3 Å². The van der Waals surface area contributed by atoms with E-state index in [0.29, 0.717) is 33.5 Å². The van der Waals surface area contributed by atoms with Crippen molar-refractivity contribution in [1.82, 2.24) is 0 Å². The quantitative estimate of drug-likeness (QED) is 0.243. The van der Waals surface area contributed by atoms with Crippen molar-refractivity contribution in [3.05, 3.63) is 123 Å². The molecule has 0 amide bonds. The summed E-state index contributed by atoms with van der Waals surface area (Å²) in [7, 11) is 0. The van der Waals surface area contributed by atoms with Crippen LogP contribution in [0.2, 0.25) is 0 Å². The molecular weight excluding hydrogens is 488 g/mol. The summed E-state index contributed by atoms with van der Waals surface area (Å²) in [4.78, 5) is 25.2. The van der Waals surface area contributed by atoms with Gasteiger partial charge in [0.2, 0.25) is 0 Å². The molecule has 5 aromatic rings. The summed E-state index contributed by atoms with van der Waals surface area (Å²) in [6, 6.07) is 27.4. The Labute approximate surface area is 225 Å². The number of fused-ring (bicyclic) bond motifs is 1. The highest BCUT2D eigenvalue weighted by Crippen LogP contribution is 2.33. The first-order valence-electron chi connectivity index (χ1n) is 12.5. The molecule has 0 radical (unpaired) electrons. The van der Waals surface area contributed by atoms with Gasteiger partial charge in [-0.25, -0.2) is 4.79 Å². The Kier molecular flexibility index (Phi) is 6.74. The first-order chi connectivity index (χ1) is 18.8. The van der Waals surface area contributed by atoms with E-state index in [9.17, 15) is 14.7 Å². The van der Waals surface area contributed by atoms with Crippen molar-refractivity contribution in [2.75, 3.05) is 5.32 Å². The van der Waals surface area contributed by atoms with E-state index in [1.54, 1.807) is 43.3 Å². The number of hydrogen-bond acceptors (Lipinski definition) is 5. The number of nitrogens with zero attached hydrogens (tertiary/aromatic N) is 1. The van der Waals surface area contributed by atoms with Crippen molar-refractivity contribution < 1.29 is 14.3 Å². The van der Waals surface area contributed by atoms with Gasteiger partial charge in [0, 0.05) is 22.4 Å². The Morgan fingerprint density at radius 2 is 1.54 bits per heavy atom. The number of aromatic carboxylic acids is 1. The van der Waals surface area contributed by atoms with Crippen molar-refractivity contribution >= 4 is 22.6 Å². The van der Waals surface area contributed by atoms with Crippen LogP contribution in [0.25, 0.3) is 33.4 Å². The summed E-state index contributed by atoms with van der Waals surface area (Å²) in [5.74, 6) is -0.532. The summed E-state index contributed by atoms with van der Waals surface area (Å²) < 4.78 is 6.47. The first-order valence-corrected chi connectivity index (χ1v) is 12.5. The Balaban J connectivity index is 1.58. The SMILES string of the molecule is Cc1cc(C(C)Nc2ccccc2C(=O)O)c2oc(-c3ccc(-c4ccc(C#N)cc4)cc3)c(C)c(=O)c2c1. The number of rotatable bonds is 6. The molecule has 1 heterocycles. The molecule has 0 bridgehead atoms. The minimum atomic E-state index is -1.02. The molecule has 192 valence electrons. The molecule has 6 heteroatoms. The molecule has 0 spiro atoms. The van der Waals surface area contributed by atoms with Crippen LogP contribution in [0.5, 0.6) is 0 Å². The number of para-hydroxylation sites is 1. The Morgan fingerprint density at radius 1 is 0.923 bits per heavy atom. The number of anilines is 1. The largest absolute Gasteiger partial charge is 0.478 e. The lowest BCUT2D eigenvalue weighted by atomic mass is 9.97. The molecule has 0 saturated carbocycles. The lowest BCUT2D eigenvalue weighted by Gasteiger charge is -2.20. The van der Waals surface area contributed by atoms with E-state index < -0.39 is 5.97 Å². The number of nitrogens with one attached hydrogen (secondary N) is 1. The zero-order chi connectivity index (χ0) is 27.7. The van der Waals surface area contributed by atoms with E-state index in [4.69, 9.17) is 9.68 Å². The number of nitriles is 1. The Bertz CT molecular complexity index is 1810. The number of carboxylic acids is 1. The van der Waals surface area contributed by atoms with Crippen molar-refractivity contribution in [1.29, 1.82) is 5.26 Å². The van der Waals surface area contributed by atoms with Gasteiger partial charge in [0.25, 0.3) is 0 Å². The van der Waals surface area contributed by atoms with Gasteiger partial charge in [-0.3, -0.25) is 4.79 Å². The van der Waals surface area contributed by atoms with Crippen LogP contribution in [0.15, 0.2) is 94.1 Å². The molecule has 5 rings (SSSR count). The van der Waals surface area contributed by atoms with Crippen LogP contribution in [0.4, 0.5) is 5.69 Å². The predicted octanol–water partition coefficient (Wildman–Crippen LogP) is 7.49. The molecule has 1 atom stereocenters. The molecule has 1 aromatic heterocycles. The maximum atomic E-state index is 13.5. The third-order valence-corrected chi connectivity index (χ3v) is 6.88. The average Bonchev–Trinajstić information content (AvgIpc) is 2.95. The number of carbonyl (C=O) groups is 1. The fourth-order valence-electron chi connectivity index (χ4n) is 4.82. The minimum Gasteiger partial charge on any atom is -0.478 e. The minimum absolute atomic E-state index is 0.106. The van der Waals surface area contributed by atoms with E-state index in [1.165, 1.54) is 0 Å². The molecule has 0 aliphatic rings. The second-order valence-corrected chi connectivity index (χ2v) is 9.60. The second-order valence-electron chi connectivity index (χ2n) is 9.60. The summed E-state index contributed by atoms with van der Waals surface area (Å²) in [5, 5.41) is 22.4. The molecule has 1 unspecified atom stereocenters. The number of carboxylic acid groups (broad SMARTS) is 1. The standard InChI is InChI=1S/C33H26N2O4/c1-19-16-27(21(3)35-29-7-5-4-6-26(29)33(37)38)32-28(17-19)30(36)20(2)31(39-32)25-14-12-24(13-15-25)23-10-8-22(18-34)9-11-23/h4-17,21,35H,1-3H3,(H,37,38).